The van der Waals surface area contributed by atoms with Crippen LogP contribution >= 0.6 is 12.4 Å². The summed E-state index contributed by atoms with van der Waals surface area (Å²) in [6.45, 7) is 1.74. The minimum atomic E-state index is 0. The second-order valence-corrected chi connectivity index (χ2v) is 4.26. The van der Waals surface area contributed by atoms with E-state index in [1.807, 2.05) is 23.1 Å². The molecule has 3 rings (SSSR count). The van der Waals surface area contributed by atoms with Gasteiger partial charge in [0.15, 0.2) is 0 Å². The van der Waals surface area contributed by atoms with Gasteiger partial charge in [0, 0.05) is 31.0 Å². The van der Waals surface area contributed by atoms with Gasteiger partial charge in [-0.1, -0.05) is 0 Å². The number of hydrogen-bond donors (Lipinski definition) is 0. The second kappa shape index (κ2) is 5.31. The molecule has 18 heavy (non-hydrogen) atoms. The van der Waals surface area contributed by atoms with E-state index in [0.717, 1.165) is 37.0 Å². The largest absolute Gasteiger partial charge is 0.339 e. The topological polar surface area (TPSA) is 46.1 Å². The second-order valence-electron chi connectivity index (χ2n) is 4.26. The number of amides is 1. The third-order valence-corrected chi connectivity index (χ3v) is 3.11. The molecule has 1 aliphatic rings. The van der Waals surface area contributed by atoms with Crippen molar-refractivity contribution in [2.45, 2.75) is 12.8 Å². The standard InChI is InChI=1S/C13H13N3O.ClH/c17-13(16-7-1-2-8-16)10-3-4-11-12(9-10)15-6-5-14-11;/h3-6,9H,1-2,7-8H2;1H. The van der Waals surface area contributed by atoms with Gasteiger partial charge in [0.2, 0.25) is 0 Å². The predicted octanol–water partition coefficient (Wildman–Crippen LogP) is 2.29. The first-order valence-corrected chi connectivity index (χ1v) is 5.85. The summed E-state index contributed by atoms with van der Waals surface area (Å²) in [5, 5.41) is 0. The van der Waals surface area contributed by atoms with E-state index in [2.05, 4.69) is 9.97 Å². The van der Waals surface area contributed by atoms with Gasteiger partial charge in [-0.3, -0.25) is 14.8 Å². The maximum Gasteiger partial charge on any atom is 0.253 e. The molecule has 0 aliphatic carbocycles. The fourth-order valence-electron chi connectivity index (χ4n) is 2.20. The van der Waals surface area contributed by atoms with Gasteiger partial charge < -0.3 is 4.90 Å². The van der Waals surface area contributed by atoms with Crippen molar-refractivity contribution in [3.63, 3.8) is 0 Å². The monoisotopic (exact) mass is 263 g/mol. The molecule has 2 heterocycles. The third kappa shape index (κ3) is 2.29. The van der Waals surface area contributed by atoms with Crippen LogP contribution < -0.4 is 0 Å². The molecule has 0 bridgehead atoms. The van der Waals surface area contributed by atoms with Crippen LogP contribution in [0.2, 0.25) is 0 Å². The maximum absolute atomic E-state index is 12.2. The summed E-state index contributed by atoms with van der Waals surface area (Å²) in [6, 6.07) is 5.51. The summed E-state index contributed by atoms with van der Waals surface area (Å²) in [6.07, 6.45) is 5.52. The van der Waals surface area contributed by atoms with E-state index >= 15 is 0 Å². The van der Waals surface area contributed by atoms with Crippen molar-refractivity contribution in [1.29, 1.82) is 0 Å². The molecule has 2 aromatic rings. The Morgan fingerprint density at radius 1 is 1.06 bits per heavy atom. The first-order valence-electron chi connectivity index (χ1n) is 5.85. The van der Waals surface area contributed by atoms with Gasteiger partial charge in [0.05, 0.1) is 11.0 Å². The van der Waals surface area contributed by atoms with Crippen molar-refractivity contribution < 1.29 is 4.79 Å². The molecule has 1 aliphatic heterocycles. The lowest BCUT2D eigenvalue weighted by Crippen LogP contribution is -2.27. The molecule has 0 atom stereocenters. The van der Waals surface area contributed by atoms with E-state index in [9.17, 15) is 4.79 Å². The Kier molecular flexibility index (Phi) is 3.77. The number of carbonyl (C=O) groups is 1. The summed E-state index contributed by atoms with van der Waals surface area (Å²) >= 11 is 0. The number of fused-ring (bicyclic) bond motifs is 1. The first-order chi connectivity index (χ1) is 8.34. The van der Waals surface area contributed by atoms with Crippen LogP contribution in [0.15, 0.2) is 30.6 Å². The Morgan fingerprint density at radius 2 is 1.72 bits per heavy atom. The van der Waals surface area contributed by atoms with Crippen LogP contribution in [0.4, 0.5) is 0 Å². The molecule has 0 radical (unpaired) electrons. The number of likely N-dealkylation sites (tertiary alicyclic amines) is 1. The zero-order valence-electron chi connectivity index (χ0n) is 9.87. The zero-order valence-corrected chi connectivity index (χ0v) is 10.7. The number of carbonyl (C=O) groups excluding carboxylic acids is 1. The number of benzene rings is 1. The Bertz CT molecular complexity index is 567. The molecule has 94 valence electrons. The maximum atomic E-state index is 12.2. The van der Waals surface area contributed by atoms with E-state index in [4.69, 9.17) is 0 Å². The molecule has 0 unspecified atom stereocenters. The van der Waals surface area contributed by atoms with E-state index in [1.54, 1.807) is 12.4 Å². The summed E-state index contributed by atoms with van der Waals surface area (Å²) < 4.78 is 0. The van der Waals surface area contributed by atoms with Gasteiger partial charge in [-0.05, 0) is 31.0 Å². The molecule has 1 aromatic carbocycles. The molecular formula is C13H14ClN3O. The Hall–Kier alpha value is -1.68. The van der Waals surface area contributed by atoms with Crippen LogP contribution in [0.5, 0.6) is 0 Å². The fraction of sp³-hybridized carbons (Fsp3) is 0.308. The van der Waals surface area contributed by atoms with E-state index in [-0.39, 0.29) is 18.3 Å². The predicted molar refractivity (Wildman–Crippen MR) is 71.9 cm³/mol. The minimum Gasteiger partial charge on any atom is -0.339 e. The zero-order chi connectivity index (χ0) is 11.7. The van der Waals surface area contributed by atoms with E-state index < -0.39 is 0 Å². The van der Waals surface area contributed by atoms with Crippen molar-refractivity contribution in [3.8, 4) is 0 Å². The number of rotatable bonds is 1. The van der Waals surface area contributed by atoms with Gasteiger partial charge in [-0.2, -0.15) is 0 Å². The lowest BCUT2D eigenvalue weighted by atomic mass is 10.1. The average Bonchev–Trinajstić information content (AvgIpc) is 2.91. The van der Waals surface area contributed by atoms with E-state index in [1.165, 1.54) is 0 Å². The first kappa shape index (κ1) is 12.8. The number of nitrogens with zero attached hydrogens (tertiary/aromatic N) is 3. The number of aromatic nitrogens is 2. The lowest BCUT2D eigenvalue weighted by Gasteiger charge is -2.15. The van der Waals surface area contributed by atoms with Crippen molar-refractivity contribution >= 4 is 29.3 Å². The van der Waals surface area contributed by atoms with Gasteiger partial charge >= 0.3 is 0 Å². The van der Waals surface area contributed by atoms with Crippen LogP contribution in [0.25, 0.3) is 11.0 Å². The molecular weight excluding hydrogens is 250 g/mol. The molecule has 4 nitrogen and oxygen atoms in total. The number of hydrogen-bond acceptors (Lipinski definition) is 3. The summed E-state index contributed by atoms with van der Waals surface area (Å²) in [5.41, 5.74) is 2.31. The van der Waals surface area contributed by atoms with Crippen LogP contribution in [-0.2, 0) is 0 Å². The highest BCUT2D eigenvalue weighted by Gasteiger charge is 2.19. The van der Waals surface area contributed by atoms with Gasteiger partial charge in [-0.25, -0.2) is 0 Å². The molecule has 0 N–H and O–H groups in total. The highest BCUT2D eigenvalue weighted by Crippen LogP contribution is 2.16. The summed E-state index contributed by atoms with van der Waals surface area (Å²) in [5.74, 6) is 0.107. The Labute approximate surface area is 111 Å². The number of halogens is 1. The SMILES string of the molecule is Cl.O=C(c1ccc2nccnc2c1)N1CCCC1. The van der Waals surface area contributed by atoms with Crippen LogP contribution in [0.3, 0.4) is 0 Å². The van der Waals surface area contributed by atoms with Gasteiger partial charge in [-0.15, -0.1) is 12.4 Å². The van der Waals surface area contributed by atoms with Crippen molar-refractivity contribution in [3.05, 3.63) is 36.2 Å². The van der Waals surface area contributed by atoms with Crippen LogP contribution in [0, 0.1) is 0 Å². The quantitative estimate of drug-likeness (QED) is 0.793. The summed E-state index contributed by atoms with van der Waals surface area (Å²) in [4.78, 5) is 22.5. The molecule has 0 spiro atoms. The molecule has 1 amide bonds. The average molecular weight is 264 g/mol. The molecule has 5 heteroatoms. The Balaban J connectivity index is 0.00000120. The van der Waals surface area contributed by atoms with Crippen LogP contribution in [0.1, 0.15) is 23.2 Å². The van der Waals surface area contributed by atoms with E-state index in [0.29, 0.717) is 5.56 Å². The third-order valence-electron chi connectivity index (χ3n) is 3.11. The molecule has 1 saturated heterocycles. The molecule has 1 aromatic heterocycles. The van der Waals surface area contributed by atoms with Gasteiger partial charge in [0.1, 0.15) is 0 Å². The van der Waals surface area contributed by atoms with Crippen molar-refractivity contribution in [2.75, 3.05) is 13.1 Å². The molecule has 1 fully saturated rings. The van der Waals surface area contributed by atoms with Crippen LogP contribution in [-0.4, -0.2) is 33.9 Å². The highest BCUT2D eigenvalue weighted by atomic mass is 35.5. The highest BCUT2D eigenvalue weighted by molar-refractivity contribution is 5.97. The summed E-state index contributed by atoms with van der Waals surface area (Å²) in [7, 11) is 0. The Morgan fingerprint density at radius 3 is 2.44 bits per heavy atom. The lowest BCUT2D eigenvalue weighted by molar-refractivity contribution is 0.0793. The van der Waals surface area contributed by atoms with Gasteiger partial charge in [0.25, 0.3) is 5.91 Å². The molecule has 0 saturated carbocycles. The van der Waals surface area contributed by atoms with Crippen molar-refractivity contribution in [1.82, 2.24) is 14.9 Å². The van der Waals surface area contributed by atoms with Crippen molar-refractivity contribution in [2.24, 2.45) is 0 Å². The normalized spacial score (nSPS) is 14.6. The smallest absolute Gasteiger partial charge is 0.253 e. The fourth-order valence-corrected chi connectivity index (χ4v) is 2.20. The minimum absolute atomic E-state index is 0.